The quantitative estimate of drug-likeness (QED) is 0.684. The Labute approximate surface area is 128 Å². The van der Waals surface area contributed by atoms with Gasteiger partial charge in [0.25, 0.3) is 0 Å². The summed E-state index contributed by atoms with van der Waals surface area (Å²) in [4.78, 5) is 12.4. The van der Waals surface area contributed by atoms with Crippen LogP contribution in [0.3, 0.4) is 0 Å². The number of hydrogen-bond donors (Lipinski definition) is 3. The van der Waals surface area contributed by atoms with Gasteiger partial charge in [0.1, 0.15) is 12.0 Å². The first-order valence-corrected chi connectivity index (χ1v) is 6.84. The van der Waals surface area contributed by atoms with E-state index in [9.17, 15) is 0 Å². The summed E-state index contributed by atoms with van der Waals surface area (Å²) in [6.45, 7) is 2.02. The van der Waals surface area contributed by atoms with Crippen molar-refractivity contribution in [3.05, 3.63) is 60.7 Å². The molecule has 0 radical (unpaired) electrons. The van der Waals surface area contributed by atoms with Crippen molar-refractivity contribution < 1.29 is 0 Å². The molecule has 2 aromatic heterocycles. The van der Waals surface area contributed by atoms with Crippen LogP contribution in [-0.4, -0.2) is 15.0 Å². The second-order valence-corrected chi connectivity index (χ2v) is 4.79. The number of nitrogens with two attached hydrogens (primary N) is 1. The van der Waals surface area contributed by atoms with Crippen LogP contribution in [-0.2, 0) is 0 Å². The predicted octanol–water partition coefficient (Wildman–Crippen LogP) is 3.25. The maximum Gasteiger partial charge on any atom is 0.159 e. The van der Waals surface area contributed by atoms with Crippen molar-refractivity contribution >= 4 is 28.7 Å². The fourth-order valence-corrected chi connectivity index (χ4v) is 2.01. The van der Waals surface area contributed by atoms with Crippen LogP contribution in [0.25, 0.3) is 0 Å². The first kappa shape index (κ1) is 13.8. The number of aryl methyl sites for hydroxylation is 1. The smallest absolute Gasteiger partial charge is 0.159 e. The number of nitrogens with one attached hydrogen (secondary N) is 2. The molecule has 0 spiro atoms. The fourth-order valence-electron chi connectivity index (χ4n) is 2.01. The number of pyridine rings is 1. The summed E-state index contributed by atoms with van der Waals surface area (Å²) in [6, 6.07) is 11.7. The monoisotopic (exact) mass is 292 g/mol. The molecule has 0 fully saturated rings. The summed E-state index contributed by atoms with van der Waals surface area (Å²) in [5.41, 5.74) is 9.50. The minimum absolute atomic E-state index is 0.453. The molecule has 0 aliphatic carbocycles. The molecule has 0 bridgehead atoms. The molecule has 0 unspecified atom stereocenters. The summed E-state index contributed by atoms with van der Waals surface area (Å²) in [5.74, 6) is 1.11. The van der Waals surface area contributed by atoms with E-state index in [1.165, 1.54) is 6.33 Å². The molecule has 0 amide bonds. The molecule has 3 aromatic rings. The molecule has 6 heteroatoms. The van der Waals surface area contributed by atoms with E-state index in [-0.39, 0.29) is 0 Å². The molecule has 110 valence electrons. The SMILES string of the molecule is Cc1ccccc1Nc1ncnc(Nc2cccnc2)c1N. The number of rotatable bonds is 4. The third-order valence-corrected chi connectivity index (χ3v) is 3.21. The maximum absolute atomic E-state index is 6.16. The van der Waals surface area contributed by atoms with E-state index < -0.39 is 0 Å². The van der Waals surface area contributed by atoms with Crippen molar-refractivity contribution in [1.82, 2.24) is 15.0 Å². The lowest BCUT2D eigenvalue weighted by Crippen LogP contribution is -2.05. The normalized spacial score (nSPS) is 10.2. The predicted molar refractivity (Wildman–Crippen MR) is 88.4 cm³/mol. The first-order valence-electron chi connectivity index (χ1n) is 6.84. The summed E-state index contributed by atoms with van der Waals surface area (Å²) >= 11 is 0. The minimum Gasteiger partial charge on any atom is -0.393 e. The number of nitrogen functional groups attached to an aromatic ring is 1. The summed E-state index contributed by atoms with van der Waals surface area (Å²) in [7, 11) is 0. The number of aromatic nitrogens is 3. The first-order chi connectivity index (χ1) is 10.7. The van der Waals surface area contributed by atoms with Crippen LogP contribution in [0, 0.1) is 6.92 Å². The Morgan fingerprint density at radius 2 is 1.73 bits per heavy atom. The number of hydrogen-bond acceptors (Lipinski definition) is 6. The molecule has 0 saturated heterocycles. The number of para-hydroxylation sites is 1. The van der Waals surface area contributed by atoms with E-state index in [0.29, 0.717) is 17.3 Å². The largest absolute Gasteiger partial charge is 0.393 e. The lowest BCUT2D eigenvalue weighted by molar-refractivity contribution is 1.17. The zero-order chi connectivity index (χ0) is 15.4. The lowest BCUT2D eigenvalue weighted by Gasteiger charge is -2.13. The van der Waals surface area contributed by atoms with Gasteiger partial charge in [-0.3, -0.25) is 4.98 Å². The molecular formula is C16H16N6. The highest BCUT2D eigenvalue weighted by molar-refractivity contribution is 5.80. The highest BCUT2D eigenvalue weighted by Crippen LogP contribution is 2.28. The standard InChI is InChI=1S/C16H16N6/c1-11-5-2-3-7-13(11)22-16-14(17)15(19-10-20-16)21-12-6-4-8-18-9-12/h2-10H,17H2,1H3,(H2,19,20,21,22). The van der Waals surface area contributed by atoms with Gasteiger partial charge in [-0.15, -0.1) is 0 Å². The van der Waals surface area contributed by atoms with Crippen molar-refractivity contribution in [3.63, 3.8) is 0 Å². The summed E-state index contributed by atoms with van der Waals surface area (Å²) < 4.78 is 0. The molecular weight excluding hydrogens is 276 g/mol. The Bertz CT molecular complexity index is 773. The van der Waals surface area contributed by atoms with Gasteiger partial charge in [0.2, 0.25) is 0 Å². The third-order valence-electron chi connectivity index (χ3n) is 3.21. The molecule has 0 atom stereocenters. The Morgan fingerprint density at radius 1 is 0.955 bits per heavy atom. The summed E-state index contributed by atoms with van der Waals surface area (Å²) in [6.07, 6.45) is 4.88. The van der Waals surface area contributed by atoms with Gasteiger partial charge >= 0.3 is 0 Å². The van der Waals surface area contributed by atoms with Crippen molar-refractivity contribution in [1.29, 1.82) is 0 Å². The van der Waals surface area contributed by atoms with Gasteiger partial charge in [-0.2, -0.15) is 0 Å². The van der Waals surface area contributed by atoms with Crippen molar-refractivity contribution in [3.8, 4) is 0 Å². The van der Waals surface area contributed by atoms with Crippen molar-refractivity contribution in [2.24, 2.45) is 0 Å². The van der Waals surface area contributed by atoms with Crippen LogP contribution in [0.5, 0.6) is 0 Å². The Kier molecular flexibility index (Phi) is 3.82. The van der Waals surface area contributed by atoms with Crippen molar-refractivity contribution in [2.75, 3.05) is 16.4 Å². The molecule has 2 heterocycles. The van der Waals surface area contributed by atoms with Crippen LogP contribution in [0.2, 0.25) is 0 Å². The van der Waals surface area contributed by atoms with E-state index in [1.807, 2.05) is 43.3 Å². The Hall–Kier alpha value is -3.15. The van der Waals surface area contributed by atoms with Crippen LogP contribution in [0.4, 0.5) is 28.7 Å². The van der Waals surface area contributed by atoms with Gasteiger partial charge in [-0.25, -0.2) is 9.97 Å². The van der Waals surface area contributed by atoms with Gasteiger partial charge in [0.05, 0.1) is 11.9 Å². The van der Waals surface area contributed by atoms with E-state index in [0.717, 1.165) is 16.9 Å². The number of anilines is 5. The van der Waals surface area contributed by atoms with Gasteiger partial charge < -0.3 is 16.4 Å². The molecule has 0 aliphatic heterocycles. The second-order valence-electron chi connectivity index (χ2n) is 4.79. The Balaban J connectivity index is 1.88. The van der Waals surface area contributed by atoms with E-state index in [2.05, 4.69) is 25.6 Å². The van der Waals surface area contributed by atoms with Gasteiger partial charge in [0, 0.05) is 11.9 Å². The average molecular weight is 292 g/mol. The molecule has 6 nitrogen and oxygen atoms in total. The van der Waals surface area contributed by atoms with E-state index >= 15 is 0 Å². The van der Waals surface area contributed by atoms with Crippen molar-refractivity contribution in [2.45, 2.75) is 6.92 Å². The highest BCUT2D eigenvalue weighted by Gasteiger charge is 2.09. The molecule has 22 heavy (non-hydrogen) atoms. The molecule has 0 aliphatic rings. The van der Waals surface area contributed by atoms with Gasteiger partial charge in [-0.05, 0) is 30.7 Å². The Morgan fingerprint density at radius 3 is 2.45 bits per heavy atom. The molecule has 4 N–H and O–H groups in total. The fraction of sp³-hybridized carbons (Fsp3) is 0.0625. The zero-order valence-electron chi connectivity index (χ0n) is 12.1. The minimum atomic E-state index is 0.453. The topological polar surface area (TPSA) is 88.8 Å². The molecule has 1 aromatic carbocycles. The maximum atomic E-state index is 6.16. The zero-order valence-corrected chi connectivity index (χ0v) is 12.1. The van der Waals surface area contributed by atoms with E-state index in [4.69, 9.17) is 5.73 Å². The second kappa shape index (κ2) is 6.09. The third kappa shape index (κ3) is 2.95. The van der Waals surface area contributed by atoms with Gasteiger partial charge in [0.15, 0.2) is 11.6 Å². The number of nitrogens with zero attached hydrogens (tertiary/aromatic N) is 3. The molecule has 0 saturated carbocycles. The molecule has 3 rings (SSSR count). The van der Waals surface area contributed by atoms with Crippen LogP contribution < -0.4 is 16.4 Å². The highest BCUT2D eigenvalue weighted by atomic mass is 15.1. The van der Waals surface area contributed by atoms with Crippen LogP contribution in [0.15, 0.2) is 55.1 Å². The van der Waals surface area contributed by atoms with Gasteiger partial charge in [-0.1, -0.05) is 18.2 Å². The number of benzene rings is 1. The lowest BCUT2D eigenvalue weighted by atomic mass is 10.2. The van der Waals surface area contributed by atoms with Crippen LogP contribution in [0.1, 0.15) is 5.56 Å². The average Bonchev–Trinajstić information content (AvgIpc) is 2.54. The van der Waals surface area contributed by atoms with Crippen LogP contribution >= 0.6 is 0 Å². The summed E-state index contributed by atoms with van der Waals surface area (Å²) in [5, 5.41) is 6.37. The van der Waals surface area contributed by atoms with E-state index in [1.54, 1.807) is 12.4 Å².